The number of halogens is 1. The Bertz CT molecular complexity index is 474. The highest BCUT2D eigenvalue weighted by atomic mass is 32.2. The number of thioether (sulfide) groups is 1. The molecule has 1 N–H and O–H groups in total. The van der Waals surface area contributed by atoms with Crippen LogP contribution in [-0.2, 0) is 4.74 Å². The molecule has 2 unspecified atom stereocenters. The molecule has 0 saturated carbocycles. The minimum absolute atomic E-state index is 0.0345. The van der Waals surface area contributed by atoms with E-state index >= 15 is 0 Å². The van der Waals surface area contributed by atoms with E-state index in [0.29, 0.717) is 5.92 Å². The number of ether oxygens (including phenoxy) is 1. The second kappa shape index (κ2) is 6.63. The number of nitrogens with one attached hydrogen (secondary N) is 1. The van der Waals surface area contributed by atoms with Crippen molar-refractivity contribution in [3.8, 4) is 0 Å². The fourth-order valence-electron chi connectivity index (χ4n) is 3.73. The summed E-state index contributed by atoms with van der Waals surface area (Å²) < 4.78 is 20.2. The second-order valence-corrected chi connectivity index (χ2v) is 7.29. The summed E-state index contributed by atoms with van der Waals surface area (Å²) in [6, 6.07) is 1.85. The van der Waals surface area contributed by atoms with E-state index in [4.69, 9.17) is 4.74 Å². The Morgan fingerprint density at radius 2 is 2.29 bits per heavy atom. The zero-order chi connectivity index (χ0) is 14.7. The van der Waals surface area contributed by atoms with Crippen molar-refractivity contribution < 1.29 is 9.13 Å². The fourth-order valence-corrected chi connectivity index (χ4v) is 4.96. The maximum Gasteiger partial charge on any atom is 0.146 e. The molecule has 21 heavy (non-hydrogen) atoms. The summed E-state index contributed by atoms with van der Waals surface area (Å²) in [5.74, 6) is 2.57. The van der Waals surface area contributed by atoms with Gasteiger partial charge in [0.25, 0.3) is 0 Å². The molecule has 2 atom stereocenters. The van der Waals surface area contributed by atoms with Crippen molar-refractivity contribution in [1.29, 1.82) is 0 Å². The molecule has 1 spiro atoms. The van der Waals surface area contributed by atoms with E-state index < -0.39 is 0 Å². The van der Waals surface area contributed by atoms with Crippen LogP contribution in [0.25, 0.3) is 0 Å². The molecule has 3 rings (SSSR count). The van der Waals surface area contributed by atoms with Gasteiger partial charge in [0.2, 0.25) is 0 Å². The molecule has 1 aromatic heterocycles. The van der Waals surface area contributed by atoms with Crippen LogP contribution >= 0.6 is 11.8 Å². The van der Waals surface area contributed by atoms with Gasteiger partial charge in [-0.05, 0) is 56.2 Å². The molecule has 0 radical (unpaired) electrons. The molecule has 0 aliphatic carbocycles. The Morgan fingerprint density at radius 1 is 1.48 bits per heavy atom. The predicted octanol–water partition coefficient (Wildman–Crippen LogP) is 3.17. The number of pyridine rings is 1. The highest BCUT2D eigenvalue weighted by Gasteiger charge is 2.41. The van der Waals surface area contributed by atoms with E-state index in [9.17, 15) is 4.39 Å². The number of rotatable bonds is 3. The van der Waals surface area contributed by atoms with Gasteiger partial charge in [-0.2, -0.15) is 11.8 Å². The molecule has 0 amide bonds. The third-order valence-electron chi connectivity index (χ3n) is 4.86. The van der Waals surface area contributed by atoms with Gasteiger partial charge in [-0.1, -0.05) is 0 Å². The molecular formula is C16H23FN2OS. The highest BCUT2D eigenvalue weighted by molar-refractivity contribution is 7.99. The third kappa shape index (κ3) is 3.25. The predicted molar refractivity (Wildman–Crippen MR) is 84.0 cm³/mol. The highest BCUT2D eigenvalue weighted by Crippen LogP contribution is 2.43. The molecule has 2 aliphatic heterocycles. The lowest BCUT2D eigenvalue weighted by molar-refractivity contribution is -0.107. The molecule has 2 aliphatic rings. The Balaban J connectivity index is 1.79. The lowest BCUT2D eigenvalue weighted by Crippen LogP contribution is -2.45. The Kier molecular flexibility index (Phi) is 4.82. The first-order chi connectivity index (χ1) is 10.2. The minimum Gasteiger partial charge on any atom is -0.375 e. The van der Waals surface area contributed by atoms with Gasteiger partial charge in [-0.15, -0.1) is 0 Å². The van der Waals surface area contributed by atoms with Crippen LogP contribution in [0.4, 0.5) is 4.39 Å². The largest absolute Gasteiger partial charge is 0.375 e. The van der Waals surface area contributed by atoms with Gasteiger partial charge in [-0.3, -0.25) is 4.98 Å². The van der Waals surface area contributed by atoms with Gasteiger partial charge >= 0.3 is 0 Å². The van der Waals surface area contributed by atoms with E-state index in [-0.39, 0.29) is 17.5 Å². The lowest BCUT2D eigenvalue weighted by Gasteiger charge is -2.45. The topological polar surface area (TPSA) is 34.2 Å². The van der Waals surface area contributed by atoms with Gasteiger partial charge in [0.15, 0.2) is 0 Å². The average Bonchev–Trinajstić information content (AvgIpc) is 2.51. The average molecular weight is 310 g/mol. The van der Waals surface area contributed by atoms with Crippen molar-refractivity contribution in [3.05, 3.63) is 29.8 Å². The van der Waals surface area contributed by atoms with E-state index in [0.717, 1.165) is 37.9 Å². The van der Waals surface area contributed by atoms with Gasteiger partial charge < -0.3 is 10.1 Å². The zero-order valence-corrected chi connectivity index (χ0v) is 13.3. The number of hydrogen-bond donors (Lipinski definition) is 1. The van der Waals surface area contributed by atoms with Crippen LogP contribution in [0, 0.1) is 11.7 Å². The van der Waals surface area contributed by atoms with Crippen LogP contribution in [0.5, 0.6) is 0 Å². The van der Waals surface area contributed by atoms with Crippen molar-refractivity contribution in [2.45, 2.75) is 37.3 Å². The van der Waals surface area contributed by atoms with Crippen LogP contribution in [0.1, 0.15) is 37.3 Å². The molecule has 5 heteroatoms. The SMILES string of the molecule is CNC(c1ccncc1F)C1CCOC2(CCSCC2)C1. The summed E-state index contributed by atoms with van der Waals surface area (Å²) in [5.41, 5.74) is 0.770. The number of hydrogen-bond acceptors (Lipinski definition) is 4. The number of aromatic nitrogens is 1. The van der Waals surface area contributed by atoms with Gasteiger partial charge in [-0.25, -0.2) is 4.39 Å². The summed E-state index contributed by atoms with van der Waals surface area (Å²) in [6.07, 6.45) is 7.26. The normalized spacial score (nSPS) is 26.7. The molecule has 3 nitrogen and oxygen atoms in total. The van der Waals surface area contributed by atoms with Crippen LogP contribution in [-0.4, -0.2) is 35.7 Å². The van der Waals surface area contributed by atoms with Crippen LogP contribution in [0.3, 0.4) is 0 Å². The first-order valence-corrected chi connectivity index (χ1v) is 8.88. The van der Waals surface area contributed by atoms with E-state index in [1.54, 1.807) is 12.3 Å². The molecule has 2 fully saturated rings. The quantitative estimate of drug-likeness (QED) is 0.930. The first-order valence-electron chi connectivity index (χ1n) is 7.72. The van der Waals surface area contributed by atoms with E-state index in [2.05, 4.69) is 10.3 Å². The summed E-state index contributed by atoms with van der Waals surface area (Å²) in [6.45, 7) is 0.792. The summed E-state index contributed by atoms with van der Waals surface area (Å²) in [4.78, 5) is 3.86. The molecule has 2 saturated heterocycles. The summed E-state index contributed by atoms with van der Waals surface area (Å²) in [5, 5.41) is 3.32. The summed E-state index contributed by atoms with van der Waals surface area (Å²) in [7, 11) is 1.92. The van der Waals surface area contributed by atoms with Gasteiger partial charge in [0, 0.05) is 24.4 Å². The Morgan fingerprint density at radius 3 is 3.00 bits per heavy atom. The monoisotopic (exact) mass is 310 g/mol. The van der Waals surface area contributed by atoms with Crippen LogP contribution < -0.4 is 5.32 Å². The number of nitrogens with zero attached hydrogens (tertiary/aromatic N) is 1. The molecule has 0 bridgehead atoms. The maximum atomic E-state index is 14.1. The van der Waals surface area contributed by atoms with Crippen molar-refractivity contribution >= 4 is 11.8 Å². The molecule has 3 heterocycles. The van der Waals surface area contributed by atoms with Gasteiger partial charge in [0.1, 0.15) is 5.82 Å². The third-order valence-corrected chi connectivity index (χ3v) is 5.84. The van der Waals surface area contributed by atoms with Crippen molar-refractivity contribution in [2.24, 2.45) is 5.92 Å². The molecular weight excluding hydrogens is 287 g/mol. The second-order valence-electron chi connectivity index (χ2n) is 6.06. The van der Waals surface area contributed by atoms with Crippen molar-refractivity contribution in [3.63, 3.8) is 0 Å². The Labute approximate surface area is 130 Å². The molecule has 0 aromatic carbocycles. The zero-order valence-electron chi connectivity index (χ0n) is 12.5. The van der Waals surface area contributed by atoms with Crippen molar-refractivity contribution in [1.82, 2.24) is 10.3 Å². The minimum atomic E-state index is -0.211. The van der Waals surface area contributed by atoms with Crippen LogP contribution in [0.2, 0.25) is 0 Å². The van der Waals surface area contributed by atoms with Crippen LogP contribution in [0.15, 0.2) is 18.5 Å². The maximum absolute atomic E-state index is 14.1. The van der Waals surface area contributed by atoms with E-state index in [1.807, 2.05) is 18.8 Å². The lowest BCUT2D eigenvalue weighted by atomic mass is 9.77. The molecule has 1 aromatic rings. The Hall–Kier alpha value is -0.650. The van der Waals surface area contributed by atoms with Gasteiger partial charge in [0.05, 0.1) is 11.8 Å². The van der Waals surface area contributed by atoms with Crippen molar-refractivity contribution in [2.75, 3.05) is 25.2 Å². The smallest absolute Gasteiger partial charge is 0.146 e. The first kappa shape index (κ1) is 15.3. The van der Waals surface area contributed by atoms with E-state index in [1.165, 1.54) is 17.7 Å². The standard InChI is InChI=1S/C16H23FN2OS/c1-18-15(13-2-6-19-11-14(13)17)12-3-7-20-16(10-12)4-8-21-9-5-16/h2,6,11-12,15,18H,3-5,7-10H2,1H3. The summed E-state index contributed by atoms with van der Waals surface area (Å²) >= 11 is 2.01. The molecule has 116 valence electrons. The fraction of sp³-hybridized carbons (Fsp3) is 0.688.